The average molecular weight is 291 g/mol. The molecule has 4 nitrogen and oxygen atoms in total. The second kappa shape index (κ2) is 4.01. The molecule has 0 aliphatic heterocycles. The number of imidazole rings is 1. The molecule has 1 aromatic carbocycles. The SMILES string of the molecule is NCc1nc(-c2c[nH]c3ccccc23)c(Br)[nH]1. The first-order valence-electron chi connectivity index (χ1n) is 5.30. The van der Waals surface area contributed by atoms with Crippen LogP contribution in [0.3, 0.4) is 0 Å². The molecule has 0 spiro atoms. The van der Waals surface area contributed by atoms with Crippen molar-refractivity contribution in [3.63, 3.8) is 0 Å². The number of nitrogens with two attached hydrogens (primary N) is 1. The van der Waals surface area contributed by atoms with Crippen LogP contribution in [0, 0.1) is 0 Å². The Hall–Kier alpha value is -1.59. The Bertz CT molecular complexity index is 668. The molecule has 0 unspecified atom stereocenters. The van der Waals surface area contributed by atoms with E-state index in [0.717, 1.165) is 32.6 Å². The summed E-state index contributed by atoms with van der Waals surface area (Å²) in [6, 6.07) is 8.14. The third-order valence-corrected chi connectivity index (χ3v) is 3.32. The average Bonchev–Trinajstić information content (AvgIpc) is 2.92. The summed E-state index contributed by atoms with van der Waals surface area (Å²) in [7, 11) is 0. The number of hydrogen-bond acceptors (Lipinski definition) is 2. The van der Waals surface area contributed by atoms with Gasteiger partial charge >= 0.3 is 0 Å². The van der Waals surface area contributed by atoms with Gasteiger partial charge < -0.3 is 15.7 Å². The van der Waals surface area contributed by atoms with Gasteiger partial charge in [-0.15, -0.1) is 0 Å². The van der Waals surface area contributed by atoms with Gasteiger partial charge in [-0.25, -0.2) is 4.98 Å². The van der Waals surface area contributed by atoms with E-state index in [-0.39, 0.29) is 0 Å². The summed E-state index contributed by atoms with van der Waals surface area (Å²) >= 11 is 3.48. The van der Waals surface area contributed by atoms with E-state index in [1.807, 2.05) is 24.4 Å². The Balaban J connectivity index is 2.23. The third-order valence-electron chi connectivity index (χ3n) is 2.75. The van der Waals surface area contributed by atoms with Crippen molar-refractivity contribution in [3.05, 3.63) is 40.9 Å². The molecule has 0 fully saturated rings. The highest BCUT2D eigenvalue weighted by atomic mass is 79.9. The molecule has 2 aromatic heterocycles. The molecule has 0 amide bonds. The van der Waals surface area contributed by atoms with Crippen LogP contribution in [-0.2, 0) is 6.54 Å². The minimum atomic E-state index is 0.404. The predicted octanol–water partition coefficient (Wildman–Crippen LogP) is 2.78. The second-order valence-electron chi connectivity index (χ2n) is 3.80. The zero-order valence-corrected chi connectivity index (χ0v) is 10.6. The third kappa shape index (κ3) is 1.67. The van der Waals surface area contributed by atoms with Crippen molar-refractivity contribution in [2.75, 3.05) is 0 Å². The Kier molecular flexibility index (Phi) is 2.49. The molecule has 0 saturated heterocycles. The molecular weight excluding hydrogens is 280 g/mol. The highest BCUT2D eigenvalue weighted by Crippen LogP contribution is 2.31. The first kappa shape index (κ1) is 10.6. The molecule has 0 radical (unpaired) electrons. The van der Waals surface area contributed by atoms with Gasteiger partial charge in [-0.1, -0.05) is 18.2 Å². The highest BCUT2D eigenvalue weighted by molar-refractivity contribution is 9.10. The van der Waals surface area contributed by atoms with Crippen LogP contribution < -0.4 is 5.73 Å². The normalized spacial score (nSPS) is 11.2. The number of aromatic amines is 2. The molecule has 86 valence electrons. The zero-order valence-electron chi connectivity index (χ0n) is 9.00. The van der Waals surface area contributed by atoms with Gasteiger partial charge in [0.1, 0.15) is 16.1 Å². The number of para-hydroxylation sites is 1. The van der Waals surface area contributed by atoms with Gasteiger partial charge in [0, 0.05) is 22.7 Å². The van der Waals surface area contributed by atoms with Crippen molar-refractivity contribution < 1.29 is 0 Å². The molecule has 3 aromatic rings. The van der Waals surface area contributed by atoms with Gasteiger partial charge in [0.25, 0.3) is 0 Å². The number of nitrogens with zero attached hydrogens (tertiary/aromatic N) is 1. The molecule has 0 saturated carbocycles. The highest BCUT2D eigenvalue weighted by Gasteiger charge is 2.13. The lowest BCUT2D eigenvalue weighted by molar-refractivity contribution is 0.947. The summed E-state index contributed by atoms with van der Waals surface area (Å²) in [5.74, 6) is 0.775. The monoisotopic (exact) mass is 290 g/mol. The molecule has 0 aliphatic carbocycles. The predicted molar refractivity (Wildman–Crippen MR) is 71.5 cm³/mol. The smallest absolute Gasteiger partial charge is 0.121 e. The number of benzene rings is 1. The van der Waals surface area contributed by atoms with E-state index >= 15 is 0 Å². The Morgan fingerprint density at radius 1 is 1.29 bits per heavy atom. The van der Waals surface area contributed by atoms with Crippen molar-refractivity contribution in [2.45, 2.75) is 6.54 Å². The van der Waals surface area contributed by atoms with E-state index in [9.17, 15) is 0 Å². The lowest BCUT2D eigenvalue weighted by Crippen LogP contribution is -1.97. The van der Waals surface area contributed by atoms with Crippen molar-refractivity contribution in [1.82, 2.24) is 15.0 Å². The van der Waals surface area contributed by atoms with E-state index in [2.05, 4.69) is 36.9 Å². The largest absolute Gasteiger partial charge is 0.360 e. The van der Waals surface area contributed by atoms with E-state index in [1.54, 1.807) is 0 Å². The van der Waals surface area contributed by atoms with E-state index in [0.29, 0.717) is 6.54 Å². The van der Waals surface area contributed by atoms with Crippen LogP contribution in [0.4, 0.5) is 0 Å². The van der Waals surface area contributed by atoms with Gasteiger partial charge in [-0.05, 0) is 22.0 Å². The van der Waals surface area contributed by atoms with E-state index < -0.39 is 0 Å². The van der Waals surface area contributed by atoms with Crippen LogP contribution in [0.2, 0.25) is 0 Å². The summed E-state index contributed by atoms with van der Waals surface area (Å²) in [4.78, 5) is 10.8. The number of rotatable bonds is 2. The maximum Gasteiger partial charge on any atom is 0.121 e. The van der Waals surface area contributed by atoms with E-state index in [4.69, 9.17) is 5.73 Å². The fourth-order valence-corrected chi connectivity index (χ4v) is 2.47. The second-order valence-corrected chi connectivity index (χ2v) is 4.59. The summed E-state index contributed by atoms with van der Waals surface area (Å²) in [6.45, 7) is 0.404. The molecule has 3 rings (SSSR count). The fourth-order valence-electron chi connectivity index (χ4n) is 1.94. The number of fused-ring (bicyclic) bond motifs is 1. The van der Waals surface area contributed by atoms with Gasteiger partial charge in [0.15, 0.2) is 0 Å². The topological polar surface area (TPSA) is 70.5 Å². The van der Waals surface area contributed by atoms with Gasteiger partial charge in [0.2, 0.25) is 0 Å². The summed E-state index contributed by atoms with van der Waals surface area (Å²) in [5, 5.41) is 1.16. The van der Waals surface area contributed by atoms with Crippen molar-refractivity contribution >= 4 is 26.8 Å². The first-order chi connectivity index (χ1) is 8.29. The Morgan fingerprint density at radius 2 is 2.12 bits per heavy atom. The number of nitrogens with one attached hydrogen (secondary N) is 2. The van der Waals surface area contributed by atoms with Crippen molar-refractivity contribution in [2.24, 2.45) is 5.73 Å². The van der Waals surface area contributed by atoms with Crippen LogP contribution in [0.5, 0.6) is 0 Å². The minimum absolute atomic E-state index is 0.404. The van der Waals surface area contributed by atoms with Crippen LogP contribution in [0.1, 0.15) is 5.82 Å². The first-order valence-corrected chi connectivity index (χ1v) is 6.10. The molecular formula is C12H11BrN4. The zero-order chi connectivity index (χ0) is 11.8. The summed E-state index contributed by atoms with van der Waals surface area (Å²) in [5.41, 5.74) is 8.64. The van der Waals surface area contributed by atoms with Gasteiger partial charge in [-0.2, -0.15) is 0 Å². The minimum Gasteiger partial charge on any atom is -0.360 e. The maximum atomic E-state index is 5.58. The standard InChI is InChI=1S/C12H11BrN4/c13-12-11(16-10(5-14)17-12)8-6-15-9-4-2-1-3-7(8)9/h1-4,6,15H,5,14H2,(H,16,17). The quantitative estimate of drug-likeness (QED) is 0.679. The molecule has 0 bridgehead atoms. The van der Waals surface area contributed by atoms with Crippen molar-refractivity contribution in [3.8, 4) is 11.3 Å². The number of H-pyrrole nitrogens is 2. The van der Waals surface area contributed by atoms with E-state index in [1.165, 1.54) is 0 Å². The summed E-state index contributed by atoms with van der Waals surface area (Å²) in [6.07, 6.45) is 1.96. The molecule has 5 heteroatoms. The lowest BCUT2D eigenvalue weighted by atomic mass is 10.1. The van der Waals surface area contributed by atoms with Gasteiger partial charge in [-0.3, -0.25) is 0 Å². The van der Waals surface area contributed by atoms with Crippen LogP contribution in [0.25, 0.3) is 22.2 Å². The number of aromatic nitrogens is 3. The number of hydrogen-bond donors (Lipinski definition) is 3. The molecule has 4 N–H and O–H groups in total. The molecule has 0 atom stereocenters. The Labute approximate surface area is 106 Å². The lowest BCUT2D eigenvalue weighted by Gasteiger charge is -1.94. The molecule has 2 heterocycles. The summed E-state index contributed by atoms with van der Waals surface area (Å²) < 4.78 is 0.864. The van der Waals surface area contributed by atoms with Crippen LogP contribution in [-0.4, -0.2) is 15.0 Å². The van der Waals surface area contributed by atoms with Gasteiger partial charge in [0.05, 0.1) is 6.54 Å². The van der Waals surface area contributed by atoms with Crippen molar-refractivity contribution in [1.29, 1.82) is 0 Å². The molecule has 0 aliphatic rings. The van der Waals surface area contributed by atoms with Crippen LogP contribution >= 0.6 is 15.9 Å². The fraction of sp³-hybridized carbons (Fsp3) is 0.0833. The molecule has 17 heavy (non-hydrogen) atoms. The van der Waals surface area contributed by atoms with Crippen LogP contribution in [0.15, 0.2) is 35.1 Å². The number of halogens is 1. The Morgan fingerprint density at radius 3 is 2.88 bits per heavy atom. The maximum absolute atomic E-state index is 5.58.